The summed E-state index contributed by atoms with van der Waals surface area (Å²) in [4.78, 5) is 30.1. The average Bonchev–Trinajstić information content (AvgIpc) is 3.66. The standard InChI is InChI=1S/C39H38N6O7/c1-23-6-11-32-29(16-23)31(46)21-37(52-32)39(47)40-30-20-36(51-5)35(50-4)19-28(30)38-41-43-45(42-38)27-9-7-24(8-10-27)12-14-44-15-13-25-17-33(48-2)34(49-3)18-26(25)22-44/h6-11,16-21H,12-15,22H2,1-5H3,(H,40,47). The molecule has 0 bridgehead atoms. The first-order valence-electron chi connectivity index (χ1n) is 16.7. The van der Waals surface area contributed by atoms with E-state index in [2.05, 4.69) is 49.9 Å². The number of aromatic nitrogens is 4. The van der Waals surface area contributed by atoms with Crippen molar-refractivity contribution in [2.24, 2.45) is 0 Å². The second-order valence-corrected chi connectivity index (χ2v) is 12.5. The number of fused-ring (bicyclic) bond motifs is 2. The predicted octanol–water partition coefficient (Wildman–Crippen LogP) is 5.63. The fraction of sp³-hybridized carbons (Fsp3) is 0.256. The van der Waals surface area contributed by atoms with Gasteiger partial charge in [-0.2, -0.15) is 0 Å². The fourth-order valence-corrected chi connectivity index (χ4v) is 6.38. The Balaban J connectivity index is 1.07. The summed E-state index contributed by atoms with van der Waals surface area (Å²) < 4.78 is 27.8. The summed E-state index contributed by atoms with van der Waals surface area (Å²) in [7, 11) is 6.33. The number of hydrogen-bond donors (Lipinski definition) is 1. The van der Waals surface area contributed by atoms with Gasteiger partial charge in [-0.25, -0.2) is 0 Å². The Labute approximate surface area is 299 Å². The molecule has 0 spiro atoms. The van der Waals surface area contributed by atoms with Crippen molar-refractivity contribution in [2.75, 3.05) is 46.8 Å². The molecule has 0 radical (unpaired) electrons. The first-order valence-corrected chi connectivity index (χ1v) is 16.7. The number of carbonyl (C=O) groups excluding carboxylic acids is 1. The molecule has 6 aromatic rings. The Morgan fingerprint density at radius 2 is 1.54 bits per heavy atom. The van der Waals surface area contributed by atoms with Crippen LogP contribution >= 0.6 is 0 Å². The van der Waals surface area contributed by atoms with Crippen molar-refractivity contribution in [1.82, 2.24) is 25.1 Å². The van der Waals surface area contributed by atoms with Crippen molar-refractivity contribution in [1.29, 1.82) is 0 Å². The van der Waals surface area contributed by atoms with Crippen LogP contribution < -0.4 is 29.7 Å². The number of methoxy groups -OCH3 is 4. The number of hydrogen-bond acceptors (Lipinski definition) is 11. The fourth-order valence-electron chi connectivity index (χ4n) is 6.38. The summed E-state index contributed by atoms with van der Waals surface area (Å²) in [6.45, 7) is 4.62. The van der Waals surface area contributed by atoms with E-state index in [1.165, 1.54) is 41.8 Å². The smallest absolute Gasteiger partial charge is 0.291 e. The van der Waals surface area contributed by atoms with Gasteiger partial charge in [-0.15, -0.1) is 15.0 Å². The van der Waals surface area contributed by atoms with E-state index < -0.39 is 5.91 Å². The van der Waals surface area contributed by atoms with Gasteiger partial charge in [-0.1, -0.05) is 23.8 Å². The molecule has 1 amide bonds. The summed E-state index contributed by atoms with van der Waals surface area (Å²) in [6.07, 6.45) is 1.84. The number of anilines is 1. The minimum atomic E-state index is -0.634. The summed E-state index contributed by atoms with van der Waals surface area (Å²) in [5, 5.41) is 16.4. The van der Waals surface area contributed by atoms with E-state index in [0.29, 0.717) is 33.7 Å². The molecule has 2 aromatic heterocycles. The van der Waals surface area contributed by atoms with Gasteiger partial charge in [0.2, 0.25) is 5.82 Å². The van der Waals surface area contributed by atoms with Gasteiger partial charge in [-0.05, 0) is 84.1 Å². The molecular weight excluding hydrogens is 664 g/mol. The summed E-state index contributed by atoms with van der Waals surface area (Å²) in [6, 6.07) is 21.8. The number of nitrogens with zero attached hydrogens (tertiary/aromatic N) is 5. The van der Waals surface area contributed by atoms with E-state index in [9.17, 15) is 9.59 Å². The minimum Gasteiger partial charge on any atom is -0.493 e. The van der Waals surface area contributed by atoms with Crippen molar-refractivity contribution >= 4 is 22.6 Å². The van der Waals surface area contributed by atoms with Crippen molar-refractivity contribution in [2.45, 2.75) is 26.3 Å². The number of carbonyl (C=O) groups is 1. The van der Waals surface area contributed by atoms with Crippen LogP contribution in [0.5, 0.6) is 23.0 Å². The highest BCUT2D eigenvalue weighted by Gasteiger charge is 2.22. The number of nitrogens with one attached hydrogen (secondary N) is 1. The lowest BCUT2D eigenvalue weighted by Crippen LogP contribution is -2.32. The van der Waals surface area contributed by atoms with Crippen LogP contribution in [0, 0.1) is 6.92 Å². The number of benzene rings is 4. The molecule has 1 aliphatic rings. The van der Waals surface area contributed by atoms with Gasteiger partial charge in [-0.3, -0.25) is 14.5 Å². The van der Waals surface area contributed by atoms with Crippen LogP contribution in [0.4, 0.5) is 5.69 Å². The zero-order chi connectivity index (χ0) is 36.4. The maximum Gasteiger partial charge on any atom is 0.291 e. The van der Waals surface area contributed by atoms with Gasteiger partial charge in [0.1, 0.15) is 5.58 Å². The van der Waals surface area contributed by atoms with Crippen molar-refractivity contribution in [3.8, 4) is 40.1 Å². The molecule has 0 fully saturated rings. The molecule has 0 atom stereocenters. The quantitative estimate of drug-likeness (QED) is 0.179. The SMILES string of the molecule is COc1cc2c(cc1OC)CN(CCc1ccc(-n3nnc(-c4cc(OC)c(OC)cc4NC(=O)c4cc(=O)c5cc(C)ccc5o4)n3)cc1)CC2. The van der Waals surface area contributed by atoms with Gasteiger partial charge < -0.3 is 28.7 Å². The number of aryl methyl sites for hydroxylation is 1. The van der Waals surface area contributed by atoms with Gasteiger partial charge in [0.15, 0.2) is 34.2 Å². The van der Waals surface area contributed by atoms with E-state index in [-0.39, 0.29) is 17.0 Å². The highest BCUT2D eigenvalue weighted by atomic mass is 16.5. The molecule has 1 N–H and O–H groups in total. The first-order chi connectivity index (χ1) is 25.3. The number of amides is 1. The third-order valence-corrected chi connectivity index (χ3v) is 9.21. The van der Waals surface area contributed by atoms with Gasteiger partial charge in [0.25, 0.3) is 5.91 Å². The monoisotopic (exact) mass is 702 g/mol. The highest BCUT2D eigenvalue weighted by molar-refractivity contribution is 6.05. The van der Waals surface area contributed by atoms with Crippen LogP contribution in [0.3, 0.4) is 0 Å². The average molecular weight is 703 g/mol. The Morgan fingerprint density at radius 1 is 0.846 bits per heavy atom. The second-order valence-electron chi connectivity index (χ2n) is 12.5. The predicted molar refractivity (Wildman–Crippen MR) is 195 cm³/mol. The van der Waals surface area contributed by atoms with E-state index in [1.807, 2.05) is 25.1 Å². The van der Waals surface area contributed by atoms with Crippen LogP contribution in [0.25, 0.3) is 28.0 Å². The Hall–Kier alpha value is -6.21. The topological polar surface area (TPSA) is 143 Å². The summed E-state index contributed by atoms with van der Waals surface area (Å²) >= 11 is 0. The molecular formula is C39H38N6O7. The Morgan fingerprint density at radius 3 is 2.27 bits per heavy atom. The van der Waals surface area contributed by atoms with Crippen LogP contribution in [-0.2, 0) is 19.4 Å². The molecule has 4 aromatic carbocycles. The summed E-state index contributed by atoms with van der Waals surface area (Å²) in [5.74, 6) is 1.74. The molecule has 266 valence electrons. The van der Waals surface area contributed by atoms with Crippen LogP contribution in [0.2, 0.25) is 0 Å². The molecule has 7 rings (SSSR count). The molecule has 52 heavy (non-hydrogen) atoms. The Bertz CT molecular complexity index is 2330. The third-order valence-electron chi connectivity index (χ3n) is 9.21. The number of ether oxygens (including phenoxy) is 4. The van der Waals surface area contributed by atoms with Gasteiger partial charge >= 0.3 is 0 Å². The molecule has 0 aliphatic carbocycles. The summed E-state index contributed by atoms with van der Waals surface area (Å²) in [5.41, 5.74) is 6.09. The first kappa shape index (κ1) is 34.2. The van der Waals surface area contributed by atoms with E-state index in [4.69, 9.17) is 23.4 Å². The van der Waals surface area contributed by atoms with Crippen LogP contribution in [-0.4, -0.2) is 72.5 Å². The molecule has 0 unspecified atom stereocenters. The number of tetrazole rings is 1. The lowest BCUT2D eigenvalue weighted by atomic mass is 9.98. The van der Waals surface area contributed by atoms with Crippen molar-refractivity contribution in [3.63, 3.8) is 0 Å². The van der Waals surface area contributed by atoms with Crippen molar-refractivity contribution in [3.05, 3.63) is 111 Å². The minimum absolute atomic E-state index is 0.148. The lowest BCUT2D eigenvalue weighted by molar-refractivity contribution is 0.0997. The molecule has 13 nitrogen and oxygen atoms in total. The largest absolute Gasteiger partial charge is 0.493 e. The molecule has 3 heterocycles. The lowest BCUT2D eigenvalue weighted by Gasteiger charge is -2.29. The maximum atomic E-state index is 13.4. The molecule has 1 aliphatic heterocycles. The maximum absolute atomic E-state index is 13.4. The Kier molecular flexibility index (Phi) is 9.59. The molecule has 0 saturated carbocycles. The van der Waals surface area contributed by atoms with Crippen molar-refractivity contribution < 1.29 is 28.2 Å². The highest BCUT2D eigenvalue weighted by Crippen LogP contribution is 2.38. The van der Waals surface area contributed by atoms with Gasteiger partial charge in [0.05, 0.1) is 50.8 Å². The van der Waals surface area contributed by atoms with Crippen LogP contribution in [0.1, 0.15) is 32.8 Å². The molecule has 13 heteroatoms. The van der Waals surface area contributed by atoms with E-state index in [1.54, 1.807) is 38.5 Å². The third kappa shape index (κ3) is 6.90. The zero-order valence-corrected chi connectivity index (χ0v) is 29.6. The van der Waals surface area contributed by atoms with Crippen LogP contribution in [0.15, 0.2) is 82.0 Å². The van der Waals surface area contributed by atoms with E-state index in [0.717, 1.165) is 55.2 Å². The second kappa shape index (κ2) is 14.6. The number of rotatable bonds is 11. The normalized spacial score (nSPS) is 12.7. The molecule has 0 saturated heterocycles. The van der Waals surface area contributed by atoms with Gasteiger partial charge in [0, 0.05) is 31.8 Å². The zero-order valence-electron chi connectivity index (χ0n) is 29.6. The van der Waals surface area contributed by atoms with E-state index >= 15 is 0 Å².